The smallest absolute Gasteiger partial charge is 0.240 e. The molecule has 0 aromatic carbocycles. The molecule has 0 saturated heterocycles. The predicted octanol–water partition coefficient (Wildman–Crippen LogP) is 0.401. The third-order valence-corrected chi connectivity index (χ3v) is 2.05. The van der Waals surface area contributed by atoms with Crippen LogP contribution in [0.1, 0.15) is 17.5 Å². The topological polar surface area (TPSA) is 68.8 Å². The number of aryl methyl sites for hydroxylation is 2. The molecule has 0 atom stereocenters. The molecule has 1 N–H and O–H groups in total. The summed E-state index contributed by atoms with van der Waals surface area (Å²) in [7, 11) is 1.96. The van der Waals surface area contributed by atoms with Gasteiger partial charge in [-0.1, -0.05) is 5.16 Å². The summed E-state index contributed by atoms with van der Waals surface area (Å²) in [6.07, 6.45) is 3.68. The fourth-order valence-corrected chi connectivity index (χ4v) is 1.26. The molecule has 0 amide bonds. The van der Waals surface area contributed by atoms with Gasteiger partial charge in [-0.25, -0.2) is 4.98 Å². The number of hydrogen-bond acceptors (Lipinski definition) is 5. The Kier molecular flexibility index (Phi) is 2.77. The number of imidazole rings is 1. The zero-order valence-corrected chi connectivity index (χ0v) is 8.77. The van der Waals surface area contributed by atoms with E-state index in [1.807, 2.05) is 17.8 Å². The molecule has 0 aliphatic carbocycles. The van der Waals surface area contributed by atoms with Gasteiger partial charge in [-0.05, 0) is 6.92 Å². The van der Waals surface area contributed by atoms with Gasteiger partial charge in [0, 0.05) is 19.4 Å². The van der Waals surface area contributed by atoms with Gasteiger partial charge in [0.05, 0.1) is 13.1 Å². The van der Waals surface area contributed by atoms with Crippen LogP contribution >= 0.6 is 0 Å². The first-order valence-electron chi connectivity index (χ1n) is 4.72. The van der Waals surface area contributed by atoms with E-state index in [-0.39, 0.29) is 0 Å². The molecule has 0 saturated carbocycles. The zero-order valence-electron chi connectivity index (χ0n) is 8.77. The van der Waals surface area contributed by atoms with E-state index in [2.05, 4.69) is 20.4 Å². The van der Waals surface area contributed by atoms with Crippen LogP contribution in [0.5, 0.6) is 0 Å². The van der Waals surface area contributed by atoms with E-state index in [1.165, 1.54) is 0 Å². The molecular weight excluding hydrogens is 194 g/mol. The van der Waals surface area contributed by atoms with Crippen LogP contribution in [-0.2, 0) is 20.1 Å². The van der Waals surface area contributed by atoms with Crippen molar-refractivity contribution in [2.45, 2.75) is 20.0 Å². The Hall–Kier alpha value is -1.69. The van der Waals surface area contributed by atoms with E-state index in [0.29, 0.717) is 24.8 Å². The second-order valence-corrected chi connectivity index (χ2v) is 3.29. The minimum absolute atomic E-state index is 0.563. The molecule has 0 bridgehead atoms. The SMILES string of the molecule is Cc1noc(CNCc2nccn2C)n1. The highest BCUT2D eigenvalue weighted by molar-refractivity contribution is 4.91. The summed E-state index contributed by atoms with van der Waals surface area (Å²) < 4.78 is 6.93. The zero-order chi connectivity index (χ0) is 10.7. The second kappa shape index (κ2) is 4.22. The van der Waals surface area contributed by atoms with E-state index < -0.39 is 0 Å². The van der Waals surface area contributed by atoms with Gasteiger partial charge in [0.15, 0.2) is 5.82 Å². The number of hydrogen-bond donors (Lipinski definition) is 1. The van der Waals surface area contributed by atoms with Crippen molar-refractivity contribution in [3.05, 3.63) is 29.9 Å². The summed E-state index contributed by atoms with van der Waals surface area (Å²) in [4.78, 5) is 8.27. The standard InChI is InChI=1S/C9H13N5O/c1-7-12-9(15-13-7)6-10-5-8-11-3-4-14(8)2/h3-4,10H,5-6H2,1-2H3. The fraction of sp³-hybridized carbons (Fsp3) is 0.444. The molecule has 0 radical (unpaired) electrons. The lowest BCUT2D eigenvalue weighted by Gasteiger charge is -2.01. The van der Waals surface area contributed by atoms with Crippen molar-refractivity contribution in [3.8, 4) is 0 Å². The average molecular weight is 207 g/mol. The highest BCUT2D eigenvalue weighted by atomic mass is 16.5. The van der Waals surface area contributed by atoms with Crippen LogP contribution in [0.2, 0.25) is 0 Å². The Balaban J connectivity index is 1.83. The summed E-state index contributed by atoms with van der Waals surface area (Å²) in [5.41, 5.74) is 0. The molecule has 2 aromatic heterocycles. The molecule has 0 unspecified atom stereocenters. The minimum Gasteiger partial charge on any atom is -0.338 e. The molecule has 6 heteroatoms. The van der Waals surface area contributed by atoms with Crippen molar-refractivity contribution in [1.29, 1.82) is 0 Å². The molecule has 0 aliphatic rings. The largest absolute Gasteiger partial charge is 0.338 e. The average Bonchev–Trinajstić information content (AvgIpc) is 2.77. The lowest BCUT2D eigenvalue weighted by Crippen LogP contribution is -2.15. The number of rotatable bonds is 4. The molecule has 2 aromatic rings. The minimum atomic E-state index is 0.563. The number of aromatic nitrogens is 4. The van der Waals surface area contributed by atoms with E-state index in [4.69, 9.17) is 4.52 Å². The summed E-state index contributed by atoms with van der Waals surface area (Å²) in [6.45, 7) is 3.05. The predicted molar refractivity (Wildman–Crippen MR) is 52.8 cm³/mol. The van der Waals surface area contributed by atoms with Gasteiger partial charge >= 0.3 is 0 Å². The van der Waals surface area contributed by atoms with E-state index in [0.717, 1.165) is 5.82 Å². The Labute approximate surface area is 87.3 Å². The van der Waals surface area contributed by atoms with Crippen molar-refractivity contribution < 1.29 is 4.52 Å². The molecule has 0 aliphatic heterocycles. The van der Waals surface area contributed by atoms with E-state index in [1.54, 1.807) is 13.1 Å². The van der Waals surface area contributed by atoms with Crippen molar-refractivity contribution in [2.24, 2.45) is 7.05 Å². The van der Waals surface area contributed by atoms with Crippen LogP contribution in [0.15, 0.2) is 16.9 Å². The van der Waals surface area contributed by atoms with Gasteiger partial charge in [0.1, 0.15) is 5.82 Å². The van der Waals surface area contributed by atoms with Gasteiger partial charge < -0.3 is 14.4 Å². The van der Waals surface area contributed by atoms with Crippen LogP contribution in [0.4, 0.5) is 0 Å². The summed E-state index contributed by atoms with van der Waals surface area (Å²) in [6, 6.07) is 0. The monoisotopic (exact) mass is 207 g/mol. The molecule has 0 fully saturated rings. The second-order valence-electron chi connectivity index (χ2n) is 3.29. The van der Waals surface area contributed by atoms with Gasteiger partial charge in [-0.15, -0.1) is 0 Å². The Morgan fingerprint density at radius 1 is 1.47 bits per heavy atom. The summed E-state index contributed by atoms with van der Waals surface area (Å²) >= 11 is 0. The van der Waals surface area contributed by atoms with Crippen LogP contribution in [0.3, 0.4) is 0 Å². The first kappa shape index (κ1) is 9.85. The summed E-state index contributed by atoms with van der Waals surface area (Å²) in [5.74, 6) is 2.23. The van der Waals surface area contributed by atoms with Crippen molar-refractivity contribution >= 4 is 0 Å². The molecule has 80 valence electrons. The maximum absolute atomic E-state index is 4.96. The van der Waals surface area contributed by atoms with E-state index in [9.17, 15) is 0 Å². The lowest BCUT2D eigenvalue weighted by molar-refractivity contribution is 0.363. The van der Waals surface area contributed by atoms with Crippen LogP contribution in [0, 0.1) is 6.92 Å². The highest BCUT2D eigenvalue weighted by Crippen LogP contribution is 1.97. The van der Waals surface area contributed by atoms with Crippen LogP contribution in [0.25, 0.3) is 0 Å². The Morgan fingerprint density at radius 2 is 2.33 bits per heavy atom. The van der Waals surface area contributed by atoms with Crippen molar-refractivity contribution in [3.63, 3.8) is 0 Å². The Morgan fingerprint density at radius 3 is 2.93 bits per heavy atom. The van der Waals surface area contributed by atoms with Crippen molar-refractivity contribution in [2.75, 3.05) is 0 Å². The normalized spacial score (nSPS) is 10.8. The molecule has 0 spiro atoms. The first-order chi connectivity index (χ1) is 7.25. The third-order valence-electron chi connectivity index (χ3n) is 2.05. The number of nitrogens with one attached hydrogen (secondary N) is 1. The maximum Gasteiger partial charge on any atom is 0.240 e. The molecule has 6 nitrogen and oxygen atoms in total. The van der Waals surface area contributed by atoms with Gasteiger partial charge in [-0.3, -0.25) is 0 Å². The maximum atomic E-state index is 4.96. The molecule has 2 heterocycles. The lowest BCUT2D eigenvalue weighted by atomic mass is 10.5. The molecule has 2 rings (SSSR count). The van der Waals surface area contributed by atoms with Crippen LogP contribution in [-0.4, -0.2) is 19.7 Å². The fourth-order valence-electron chi connectivity index (χ4n) is 1.26. The van der Waals surface area contributed by atoms with E-state index >= 15 is 0 Å². The molecule has 15 heavy (non-hydrogen) atoms. The Bertz CT molecular complexity index is 433. The third kappa shape index (κ3) is 2.41. The van der Waals surface area contributed by atoms with Gasteiger partial charge in [0.2, 0.25) is 5.89 Å². The molecular formula is C9H13N5O. The van der Waals surface area contributed by atoms with Crippen molar-refractivity contribution in [1.82, 2.24) is 25.0 Å². The highest BCUT2D eigenvalue weighted by Gasteiger charge is 2.03. The van der Waals surface area contributed by atoms with Gasteiger partial charge in [0.25, 0.3) is 0 Å². The summed E-state index contributed by atoms with van der Waals surface area (Å²) in [5, 5.41) is 6.88. The van der Waals surface area contributed by atoms with Gasteiger partial charge in [-0.2, -0.15) is 4.98 Å². The van der Waals surface area contributed by atoms with Crippen LogP contribution < -0.4 is 5.32 Å². The number of nitrogens with zero attached hydrogens (tertiary/aromatic N) is 4. The first-order valence-corrected chi connectivity index (χ1v) is 4.72. The quantitative estimate of drug-likeness (QED) is 0.786.